The molecular weight excluding hydrogens is 290 g/mol. The van der Waals surface area contributed by atoms with Gasteiger partial charge in [0, 0.05) is 5.69 Å². The van der Waals surface area contributed by atoms with Gasteiger partial charge < -0.3 is 14.1 Å². The summed E-state index contributed by atoms with van der Waals surface area (Å²) in [5, 5.41) is 0.864. The molecule has 0 saturated heterocycles. The minimum absolute atomic E-state index is 0.325. The largest absolute Gasteiger partial charge is 0.472 e. The van der Waals surface area contributed by atoms with Crippen LogP contribution in [0.3, 0.4) is 0 Å². The molecule has 0 radical (unpaired) electrons. The normalized spacial score (nSPS) is 13.7. The van der Waals surface area contributed by atoms with Gasteiger partial charge in [0.25, 0.3) is 0 Å². The number of aryl methyl sites for hydroxylation is 2. The summed E-state index contributed by atoms with van der Waals surface area (Å²) >= 11 is 0. The Kier molecular flexibility index (Phi) is 3.11. The summed E-state index contributed by atoms with van der Waals surface area (Å²) in [4.78, 5) is 14.4. The van der Waals surface area contributed by atoms with E-state index in [1.54, 1.807) is 0 Å². The van der Waals surface area contributed by atoms with E-state index in [0.717, 1.165) is 16.6 Å². The van der Waals surface area contributed by atoms with Crippen molar-refractivity contribution in [3.63, 3.8) is 0 Å². The first-order chi connectivity index (χ1) is 11.1. The predicted molar refractivity (Wildman–Crippen MR) is 90.1 cm³/mol. The van der Waals surface area contributed by atoms with Gasteiger partial charge in [-0.25, -0.2) is 4.79 Å². The van der Waals surface area contributed by atoms with Crippen molar-refractivity contribution in [2.75, 3.05) is 11.6 Å². The smallest absolute Gasteiger partial charge is 0.345 e. The third kappa shape index (κ3) is 2.36. The molecule has 4 rings (SSSR count). The molecule has 1 aromatic heterocycles. The molecule has 3 aromatic rings. The fourth-order valence-electron chi connectivity index (χ4n) is 3.00. The lowest BCUT2D eigenvalue weighted by Crippen LogP contribution is -2.35. The molecule has 0 amide bonds. The molecule has 1 aliphatic rings. The number of nitrogens with zero attached hydrogens (tertiary/aromatic N) is 1. The zero-order chi connectivity index (χ0) is 16.0. The lowest BCUT2D eigenvalue weighted by Gasteiger charge is -2.30. The van der Waals surface area contributed by atoms with Crippen LogP contribution in [0.4, 0.5) is 5.69 Å². The van der Waals surface area contributed by atoms with Crippen molar-refractivity contribution < 1.29 is 9.15 Å². The van der Waals surface area contributed by atoms with Gasteiger partial charge >= 0.3 is 5.63 Å². The number of ether oxygens (including phenoxy) is 1. The quantitative estimate of drug-likeness (QED) is 0.642. The molecule has 0 fully saturated rings. The first-order valence-electron chi connectivity index (χ1n) is 7.62. The standard InChI is InChI=1S/C19H17NO3/c1-12-4-3-5-14(8-12)20-10-16-18(22-11-20)15-9-13(2)6-7-17(15)23-19(16)21/h3-9H,10-11H2,1-2H3. The fraction of sp³-hybridized carbons (Fsp3) is 0.211. The van der Waals surface area contributed by atoms with Gasteiger partial charge in [-0.1, -0.05) is 23.8 Å². The van der Waals surface area contributed by atoms with Crippen LogP contribution in [0.5, 0.6) is 5.75 Å². The van der Waals surface area contributed by atoms with E-state index in [-0.39, 0.29) is 5.63 Å². The average molecular weight is 307 g/mol. The molecule has 2 heterocycles. The molecule has 0 bridgehead atoms. The van der Waals surface area contributed by atoms with E-state index in [9.17, 15) is 4.79 Å². The van der Waals surface area contributed by atoms with Gasteiger partial charge in [-0.15, -0.1) is 0 Å². The van der Waals surface area contributed by atoms with Gasteiger partial charge in [-0.2, -0.15) is 0 Å². The second-order valence-corrected chi connectivity index (χ2v) is 6.01. The summed E-state index contributed by atoms with van der Waals surface area (Å²) in [6.07, 6.45) is 0. The van der Waals surface area contributed by atoms with E-state index >= 15 is 0 Å². The Hall–Kier alpha value is -2.75. The highest BCUT2D eigenvalue weighted by molar-refractivity contribution is 5.85. The Morgan fingerprint density at radius 2 is 1.87 bits per heavy atom. The first kappa shape index (κ1) is 13.9. The minimum atomic E-state index is -0.325. The third-order valence-electron chi connectivity index (χ3n) is 4.18. The van der Waals surface area contributed by atoms with Crippen LogP contribution in [0.1, 0.15) is 16.7 Å². The molecule has 4 heteroatoms. The van der Waals surface area contributed by atoms with Gasteiger partial charge in [0.05, 0.1) is 17.5 Å². The van der Waals surface area contributed by atoms with Crippen molar-refractivity contribution in [3.05, 3.63) is 69.6 Å². The second-order valence-electron chi connectivity index (χ2n) is 6.01. The van der Waals surface area contributed by atoms with Gasteiger partial charge in [0.1, 0.15) is 11.3 Å². The lowest BCUT2D eigenvalue weighted by atomic mass is 10.1. The summed E-state index contributed by atoms with van der Waals surface area (Å²) < 4.78 is 11.4. The summed E-state index contributed by atoms with van der Waals surface area (Å²) in [6.45, 7) is 4.97. The minimum Gasteiger partial charge on any atom is -0.472 e. The highest BCUT2D eigenvalue weighted by Crippen LogP contribution is 2.33. The molecule has 4 nitrogen and oxygen atoms in total. The number of anilines is 1. The van der Waals surface area contributed by atoms with Crippen LogP contribution >= 0.6 is 0 Å². The molecule has 0 saturated carbocycles. The summed E-state index contributed by atoms with van der Waals surface area (Å²) in [5.41, 5.74) is 4.15. The number of hydrogen-bond acceptors (Lipinski definition) is 4. The summed E-state index contributed by atoms with van der Waals surface area (Å²) in [5.74, 6) is 0.656. The topological polar surface area (TPSA) is 42.7 Å². The second kappa shape index (κ2) is 5.16. The average Bonchev–Trinajstić information content (AvgIpc) is 2.55. The van der Waals surface area contributed by atoms with Crippen LogP contribution in [-0.4, -0.2) is 6.73 Å². The fourth-order valence-corrected chi connectivity index (χ4v) is 3.00. The number of hydrogen-bond donors (Lipinski definition) is 0. The monoisotopic (exact) mass is 307 g/mol. The van der Waals surface area contributed by atoms with Crippen LogP contribution < -0.4 is 15.3 Å². The third-order valence-corrected chi connectivity index (χ3v) is 4.18. The Balaban J connectivity index is 1.82. The van der Waals surface area contributed by atoms with Crippen molar-refractivity contribution in [2.45, 2.75) is 20.4 Å². The van der Waals surface area contributed by atoms with Crippen molar-refractivity contribution in [3.8, 4) is 5.75 Å². The molecule has 0 atom stereocenters. The number of benzene rings is 2. The maximum atomic E-state index is 12.3. The van der Waals surface area contributed by atoms with Gasteiger partial charge in [-0.3, -0.25) is 0 Å². The van der Waals surface area contributed by atoms with Crippen molar-refractivity contribution >= 4 is 16.7 Å². The van der Waals surface area contributed by atoms with E-state index in [4.69, 9.17) is 9.15 Å². The van der Waals surface area contributed by atoms with E-state index in [0.29, 0.717) is 30.2 Å². The highest BCUT2D eigenvalue weighted by Gasteiger charge is 2.24. The van der Waals surface area contributed by atoms with Gasteiger partial charge in [0.2, 0.25) is 0 Å². The molecule has 1 aliphatic heterocycles. The van der Waals surface area contributed by atoms with Crippen LogP contribution in [0.25, 0.3) is 11.0 Å². The van der Waals surface area contributed by atoms with Gasteiger partial charge in [0.15, 0.2) is 6.73 Å². The number of rotatable bonds is 1. The van der Waals surface area contributed by atoms with Crippen LogP contribution in [0.15, 0.2) is 51.7 Å². The van der Waals surface area contributed by atoms with Crippen molar-refractivity contribution in [2.24, 2.45) is 0 Å². The predicted octanol–water partition coefficient (Wildman–Crippen LogP) is 3.77. The number of fused-ring (bicyclic) bond motifs is 3. The zero-order valence-corrected chi connectivity index (χ0v) is 13.1. The van der Waals surface area contributed by atoms with Crippen LogP contribution in [-0.2, 0) is 6.54 Å². The SMILES string of the molecule is Cc1cccc(N2COc3c(c(=O)oc4ccc(C)cc34)C2)c1. The highest BCUT2D eigenvalue weighted by atomic mass is 16.5. The summed E-state index contributed by atoms with van der Waals surface area (Å²) in [7, 11) is 0. The van der Waals surface area contributed by atoms with Crippen LogP contribution in [0, 0.1) is 13.8 Å². The maximum Gasteiger partial charge on any atom is 0.345 e. The molecule has 0 spiro atoms. The zero-order valence-electron chi connectivity index (χ0n) is 13.1. The Morgan fingerprint density at radius 1 is 1.04 bits per heavy atom. The maximum absolute atomic E-state index is 12.3. The Labute approximate surface area is 133 Å². The first-order valence-corrected chi connectivity index (χ1v) is 7.62. The van der Waals surface area contributed by atoms with Crippen molar-refractivity contribution in [1.29, 1.82) is 0 Å². The van der Waals surface area contributed by atoms with E-state index in [2.05, 4.69) is 6.07 Å². The van der Waals surface area contributed by atoms with E-state index in [1.165, 1.54) is 5.56 Å². The molecule has 0 aliphatic carbocycles. The molecule has 23 heavy (non-hydrogen) atoms. The van der Waals surface area contributed by atoms with E-state index in [1.807, 2.05) is 55.1 Å². The Morgan fingerprint density at radius 3 is 2.70 bits per heavy atom. The molecule has 0 unspecified atom stereocenters. The lowest BCUT2D eigenvalue weighted by molar-refractivity contribution is 0.287. The Bertz CT molecular complexity index is 958. The molecular formula is C19H17NO3. The molecule has 116 valence electrons. The van der Waals surface area contributed by atoms with Gasteiger partial charge in [-0.05, 0) is 43.7 Å². The van der Waals surface area contributed by atoms with Crippen LogP contribution in [0.2, 0.25) is 0 Å². The molecule has 0 N–H and O–H groups in total. The van der Waals surface area contributed by atoms with Crippen molar-refractivity contribution in [1.82, 2.24) is 0 Å². The summed E-state index contributed by atoms with van der Waals surface area (Å²) in [6, 6.07) is 13.9. The molecule has 2 aromatic carbocycles. The van der Waals surface area contributed by atoms with E-state index < -0.39 is 0 Å².